The number of aliphatic hydroxyl groups is 2. The molecule has 0 bridgehead atoms. The van der Waals surface area contributed by atoms with Gasteiger partial charge in [-0.25, -0.2) is 5.09 Å². The van der Waals surface area contributed by atoms with Crippen molar-refractivity contribution in [3.8, 4) is 0 Å². The van der Waals surface area contributed by atoms with E-state index in [1.54, 1.807) is 0 Å². The minimum Gasteiger partial charge on any atom is -0.388 e. The summed E-state index contributed by atoms with van der Waals surface area (Å²) in [5.41, 5.74) is 1.84. The molecule has 0 amide bonds. The Morgan fingerprint density at radius 1 is 0.967 bits per heavy atom. The average molecular weight is 437 g/mol. The summed E-state index contributed by atoms with van der Waals surface area (Å²) in [6.45, 7) is 1.62. The lowest BCUT2D eigenvalue weighted by atomic mass is 9.98. The normalized spacial score (nSPS) is 28.7. The maximum atomic E-state index is 11.9. The third-order valence-electron chi connectivity index (χ3n) is 4.74. The first kappa shape index (κ1) is 23.1. The Morgan fingerprint density at radius 3 is 2.10 bits per heavy atom. The molecule has 0 aliphatic carbocycles. The van der Waals surface area contributed by atoms with Crippen molar-refractivity contribution in [1.29, 1.82) is 0 Å². The Morgan fingerprint density at radius 2 is 1.53 bits per heavy atom. The number of benzene rings is 2. The van der Waals surface area contributed by atoms with E-state index in [0.29, 0.717) is 6.61 Å². The molecule has 2 aromatic rings. The summed E-state index contributed by atoms with van der Waals surface area (Å²) in [4.78, 5) is 9.73. The number of hydrogen-bond acceptors (Lipinski definition) is 6. The van der Waals surface area contributed by atoms with E-state index in [9.17, 15) is 19.7 Å². The monoisotopic (exact) mass is 437 g/mol. The van der Waals surface area contributed by atoms with Crippen LogP contribution in [-0.2, 0) is 32.0 Å². The minimum atomic E-state index is -3.72. The van der Waals surface area contributed by atoms with Crippen molar-refractivity contribution in [2.24, 2.45) is 0 Å². The smallest absolute Gasteiger partial charge is 0.264 e. The molecule has 0 radical (unpaired) electrons. The van der Waals surface area contributed by atoms with E-state index in [1.807, 2.05) is 60.7 Å². The molecule has 3 rings (SSSR count). The summed E-state index contributed by atoms with van der Waals surface area (Å²) >= 11 is 0. The van der Waals surface area contributed by atoms with Crippen molar-refractivity contribution >= 4 is 7.52 Å². The van der Waals surface area contributed by atoms with Gasteiger partial charge in [-0.2, -0.15) is 0 Å². The molecule has 3 unspecified atom stereocenters. The number of aliphatic hydroxyl groups excluding tert-OH is 2. The topological polar surface area (TPSA) is 117 Å². The Hall–Kier alpha value is -1.61. The van der Waals surface area contributed by atoms with E-state index in [4.69, 9.17) is 14.2 Å². The minimum absolute atomic E-state index is 0.0218. The fourth-order valence-electron chi connectivity index (χ4n) is 3.25. The molecule has 1 aliphatic heterocycles. The van der Waals surface area contributed by atoms with E-state index in [1.165, 1.54) is 0 Å². The van der Waals surface area contributed by atoms with Crippen LogP contribution in [0, 0.1) is 0 Å². The Balaban J connectivity index is 1.65. The number of ether oxygens (including phenoxy) is 3. The van der Waals surface area contributed by atoms with Gasteiger partial charge in [0, 0.05) is 6.66 Å². The molecule has 1 heterocycles. The van der Waals surface area contributed by atoms with Crippen molar-refractivity contribution in [3.63, 3.8) is 0 Å². The van der Waals surface area contributed by atoms with Gasteiger partial charge in [0.05, 0.1) is 25.9 Å². The molecule has 6 atom stereocenters. The van der Waals surface area contributed by atoms with Crippen molar-refractivity contribution in [2.75, 3.05) is 13.3 Å². The summed E-state index contributed by atoms with van der Waals surface area (Å²) in [7, 11) is -3.72. The molecule has 9 heteroatoms. The van der Waals surface area contributed by atoms with Gasteiger partial charge in [0.1, 0.15) is 18.3 Å². The predicted molar refractivity (Wildman–Crippen MR) is 111 cm³/mol. The quantitative estimate of drug-likeness (QED) is 0.438. The molecule has 8 nitrogen and oxygen atoms in total. The van der Waals surface area contributed by atoms with Crippen LogP contribution in [0.15, 0.2) is 60.7 Å². The third kappa shape index (κ3) is 6.70. The standard InChI is InChI=1S/C21H28NO7P/c1-30(25,26)22-18-20(24)19(23)17(14-27-12-15-8-4-2-5-9-15)29-21(18)28-13-16-10-6-3-7-11-16/h2-11,17-21,23-24H,12-14H2,1H3,(H2,22,25,26)/t17?,18-,19+,20?,21+/m0/s1. The zero-order valence-corrected chi connectivity index (χ0v) is 17.6. The van der Waals surface area contributed by atoms with Gasteiger partial charge in [-0.3, -0.25) is 4.57 Å². The van der Waals surface area contributed by atoms with Crippen LogP contribution in [-0.4, -0.2) is 59.0 Å². The Labute approximate surface area is 175 Å². The highest BCUT2D eigenvalue weighted by atomic mass is 31.2. The second-order valence-corrected chi connectivity index (χ2v) is 9.37. The van der Waals surface area contributed by atoms with Crippen molar-refractivity contribution in [1.82, 2.24) is 5.09 Å². The summed E-state index contributed by atoms with van der Waals surface area (Å²) < 4.78 is 29.2. The number of hydrogen-bond donors (Lipinski definition) is 4. The highest BCUT2D eigenvalue weighted by Gasteiger charge is 2.46. The highest BCUT2D eigenvalue weighted by molar-refractivity contribution is 7.55. The highest BCUT2D eigenvalue weighted by Crippen LogP contribution is 2.34. The molecule has 164 valence electrons. The molecule has 0 spiro atoms. The number of rotatable bonds is 9. The summed E-state index contributed by atoms with van der Waals surface area (Å²) in [5, 5.41) is 23.5. The Kier molecular flexibility index (Phi) is 8.16. The molecule has 1 aliphatic rings. The van der Waals surface area contributed by atoms with Crippen LogP contribution in [0.2, 0.25) is 0 Å². The van der Waals surface area contributed by atoms with Crippen LogP contribution >= 0.6 is 7.52 Å². The van der Waals surface area contributed by atoms with Gasteiger partial charge in [0.15, 0.2) is 6.29 Å². The molecule has 0 aromatic heterocycles. The fraction of sp³-hybridized carbons (Fsp3) is 0.429. The summed E-state index contributed by atoms with van der Waals surface area (Å²) in [5.74, 6) is 0. The van der Waals surface area contributed by atoms with E-state index < -0.39 is 38.2 Å². The fourth-order valence-corrected chi connectivity index (χ4v) is 4.07. The van der Waals surface area contributed by atoms with Gasteiger partial charge in [0.25, 0.3) is 7.52 Å². The predicted octanol–water partition coefficient (Wildman–Crippen LogP) is 1.64. The zero-order chi connectivity index (χ0) is 21.6. The van der Waals surface area contributed by atoms with Gasteiger partial charge in [-0.15, -0.1) is 0 Å². The van der Waals surface area contributed by atoms with Crippen LogP contribution < -0.4 is 5.09 Å². The van der Waals surface area contributed by atoms with Crippen LogP contribution in [0.1, 0.15) is 11.1 Å². The van der Waals surface area contributed by atoms with Crippen LogP contribution in [0.4, 0.5) is 0 Å². The second-order valence-electron chi connectivity index (χ2n) is 7.36. The maximum Gasteiger partial charge on any atom is 0.264 e. The van der Waals surface area contributed by atoms with Crippen LogP contribution in [0.5, 0.6) is 0 Å². The number of nitrogens with one attached hydrogen (secondary N) is 1. The lowest BCUT2D eigenvalue weighted by Crippen LogP contribution is -2.63. The van der Waals surface area contributed by atoms with Gasteiger partial charge in [-0.1, -0.05) is 60.7 Å². The molecule has 2 aromatic carbocycles. The van der Waals surface area contributed by atoms with E-state index in [0.717, 1.165) is 17.8 Å². The van der Waals surface area contributed by atoms with E-state index in [2.05, 4.69) is 5.09 Å². The molecule has 4 N–H and O–H groups in total. The third-order valence-corrected chi connectivity index (χ3v) is 5.52. The largest absolute Gasteiger partial charge is 0.388 e. The lowest BCUT2D eigenvalue weighted by molar-refractivity contribution is -0.274. The molecule has 30 heavy (non-hydrogen) atoms. The maximum absolute atomic E-state index is 11.9. The van der Waals surface area contributed by atoms with E-state index in [-0.39, 0.29) is 13.2 Å². The van der Waals surface area contributed by atoms with Gasteiger partial charge in [-0.05, 0) is 11.1 Å². The lowest BCUT2D eigenvalue weighted by Gasteiger charge is -2.43. The molecule has 1 fully saturated rings. The van der Waals surface area contributed by atoms with E-state index >= 15 is 0 Å². The molecular weight excluding hydrogens is 409 g/mol. The molecular formula is C21H28NO7P. The first-order chi connectivity index (χ1) is 14.3. The zero-order valence-electron chi connectivity index (χ0n) is 16.7. The van der Waals surface area contributed by atoms with Gasteiger partial charge in [0.2, 0.25) is 0 Å². The van der Waals surface area contributed by atoms with Crippen molar-refractivity contribution in [2.45, 2.75) is 43.9 Å². The average Bonchev–Trinajstić information content (AvgIpc) is 2.73. The van der Waals surface area contributed by atoms with Crippen molar-refractivity contribution < 1.29 is 33.9 Å². The van der Waals surface area contributed by atoms with Crippen LogP contribution in [0.25, 0.3) is 0 Å². The molecule has 1 saturated heterocycles. The van der Waals surface area contributed by atoms with Gasteiger partial charge < -0.3 is 29.3 Å². The SMILES string of the molecule is CP(=O)(O)N[C@H]1C(O)[C@H](O)C(COCc2ccccc2)O[C@H]1OCc1ccccc1. The van der Waals surface area contributed by atoms with Crippen LogP contribution in [0.3, 0.4) is 0 Å². The van der Waals surface area contributed by atoms with Crippen molar-refractivity contribution in [3.05, 3.63) is 71.8 Å². The van der Waals surface area contributed by atoms with Gasteiger partial charge >= 0.3 is 0 Å². The second kappa shape index (κ2) is 10.6. The first-order valence-corrected chi connectivity index (χ1v) is 11.8. The Bertz CT molecular complexity index is 817. The summed E-state index contributed by atoms with van der Waals surface area (Å²) in [6.07, 6.45) is -4.63. The molecule has 0 saturated carbocycles. The summed E-state index contributed by atoms with van der Waals surface area (Å²) in [6, 6.07) is 17.8. The first-order valence-electron chi connectivity index (χ1n) is 9.70.